The van der Waals surface area contributed by atoms with Crippen molar-refractivity contribution in [3.05, 3.63) is 48.2 Å². The number of ether oxygens (including phenoxy) is 2. The molecule has 2 heterocycles. The summed E-state index contributed by atoms with van der Waals surface area (Å²) in [6.07, 6.45) is -1.59. The average Bonchev–Trinajstić information content (AvgIpc) is 3.42. The van der Waals surface area contributed by atoms with Crippen LogP contribution in [0.2, 0.25) is 0 Å². The molecule has 0 saturated carbocycles. The molecule has 4 N–H and O–H groups in total. The van der Waals surface area contributed by atoms with Crippen molar-refractivity contribution in [2.75, 3.05) is 43.9 Å². The maximum absolute atomic E-state index is 13.8. The number of halogens is 3. The van der Waals surface area contributed by atoms with E-state index in [9.17, 15) is 22.8 Å². The molecule has 0 radical (unpaired) electrons. The Labute approximate surface area is 293 Å². The first-order valence-electron chi connectivity index (χ1n) is 16.8. The van der Waals surface area contributed by atoms with E-state index in [0.717, 1.165) is 36.5 Å². The number of hydrogen-bond acceptors (Lipinski definition) is 8. The molecule has 3 aromatic rings. The van der Waals surface area contributed by atoms with Crippen LogP contribution < -0.4 is 20.5 Å². The van der Waals surface area contributed by atoms with E-state index < -0.39 is 22.1 Å². The molecule has 1 atom stereocenters. The monoisotopic (exact) mass is 715 g/mol. The molecule has 4 rings (SSSR count). The summed E-state index contributed by atoms with van der Waals surface area (Å²) < 4.78 is 53.6. The highest BCUT2D eigenvalue weighted by Crippen LogP contribution is 2.34. The number of rotatable bonds is 15. The number of nitrogens with one attached hydrogen (secondary N) is 2. The van der Waals surface area contributed by atoms with Crippen LogP contribution in [0.5, 0.6) is 5.75 Å². The second kappa shape index (κ2) is 17.2. The Bertz CT molecular complexity index is 1820. The highest BCUT2D eigenvalue weighted by molar-refractivity contribution is 8.26. The van der Waals surface area contributed by atoms with Gasteiger partial charge in [0.2, 0.25) is 0 Å². The zero-order valence-corrected chi connectivity index (χ0v) is 29.9. The quantitative estimate of drug-likeness (QED) is 0.0926. The fourth-order valence-corrected chi connectivity index (χ4v) is 6.61. The lowest BCUT2D eigenvalue weighted by Crippen LogP contribution is -2.43. The Kier molecular flexibility index (Phi) is 13.3. The molecule has 9 nitrogen and oxygen atoms in total. The second-order valence-corrected chi connectivity index (χ2v) is 14.9. The maximum Gasteiger partial charge on any atom is 0.406 e. The summed E-state index contributed by atoms with van der Waals surface area (Å²) in [6, 6.07) is 12.5. The third-order valence-electron chi connectivity index (χ3n) is 8.64. The fraction of sp³-hybridized carbons (Fsp3) is 0.459. The largest absolute Gasteiger partial charge is 0.495 e. The Morgan fingerprint density at radius 3 is 2.48 bits per heavy atom. The van der Waals surface area contributed by atoms with Gasteiger partial charge in [0.1, 0.15) is 24.2 Å². The van der Waals surface area contributed by atoms with Crippen LogP contribution in [0, 0.1) is 11.8 Å². The van der Waals surface area contributed by atoms with Crippen LogP contribution >= 0.6 is 9.39 Å². The SMILES string of the molecule is C=S(=C)(N)c1ccc(NCC#Cc2cc3c(NC4CCN(CC(CCC(=O)CC)OC(=O)CC)CC4)cccc3n2CC(F)(F)F)c(OC)c1. The molecular weight excluding hydrogens is 667 g/mol. The molecule has 0 spiro atoms. The molecule has 13 heteroatoms. The summed E-state index contributed by atoms with van der Waals surface area (Å²) in [5.74, 6) is 14.2. The second-order valence-electron chi connectivity index (χ2n) is 12.5. The van der Waals surface area contributed by atoms with E-state index in [4.69, 9.17) is 14.6 Å². The minimum Gasteiger partial charge on any atom is -0.495 e. The van der Waals surface area contributed by atoms with Crippen molar-refractivity contribution in [2.45, 2.75) is 82.1 Å². The lowest BCUT2D eigenvalue weighted by molar-refractivity contribution is -0.150. The summed E-state index contributed by atoms with van der Waals surface area (Å²) in [5.41, 5.74) is 2.10. The zero-order valence-electron chi connectivity index (χ0n) is 29.0. The third-order valence-corrected chi connectivity index (χ3v) is 9.84. The number of carbonyl (C=O) groups excluding carboxylic acids is 2. The summed E-state index contributed by atoms with van der Waals surface area (Å²) in [4.78, 5) is 26.9. The van der Waals surface area contributed by atoms with Gasteiger partial charge in [-0.05, 0) is 61.6 Å². The van der Waals surface area contributed by atoms with Crippen molar-refractivity contribution >= 4 is 55.2 Å². The van der Waals surface area contributed by atoms with Gasteiger partial charge in [-0.15, -0.1) is 9.39 Å². The Hall–Kier alpha value is -4.12. The molecule has 0 aliphatic carbocycles. The number of likely N-dealkylation sites (tertiary alicyclic amines) is 1. The zero-order chi connectivity index (χ0) is 36.5. The number of piperidine rings is 1. The first kappa shape index (κ1) is 38.7. The van der Waals surface area contributed by atoms with Gasteiger partial charge in [0.05, 0.1) is 30.6 Å². The minimum absolute atomic E-state index is 0.0965. The first-order valence-corrected chi connectivity index (χ1v) is 18.8. The van der Waals surface area contributed by atoms with Crippen LogP contribution in [0.4, 0.5) is 24.5 Å². The Balaban J connectivity index is 1.46. The van der Waals surface area contributed by atoms with E-state index in [1.165, 1.54) is 11.7 Å². The number of alkyl halides is 3. The van der Waals surface area contributed by atoms with E-state index in [2.05, 4.69) is 39.1 Å². The van der Waals surface area contributed by atoms with Crippen LogP contribution in [-0.4, -0.2) is 84.6 Å². The fourth-order valence-electron chi connectivity index (χ4n) is 5.93. The van der Waals surface area contributed by atoms with Gasteiger partial charge in [0, 0.05) is 60.9 Å². The molecule has 1 aliphatic heterocycles. The number of anilines is 2. The summed E-state index contributed by atoms with van der Waals surface area (Å²) >= 11 is 0. The third kappa shape index (κ3) is 10.9. The Morgan fingerprint density at radius 2 is 1.84 bits per heavy atom. The van der Waals surface area contributed by atoms with Crippen LogP contribution in [0.1, 0.15) is 58.1 Å². The van der Waals surface area contributed by atoms with Crippen molar-refractivity contribution in [3.8, 4) is 17.6 Å². The van der Waals surface area contributed by atoms with E-state index in [1.54, 1.807) is 37.3 Å². The number of ketones is 1. The molecule has 0 amide bonds. The number of nitrogens with two attached hydrogens (primary N) is 1. The predicted molar refractivity (Wildman–Crippen MR) is 198 cm³/mol. The number of esters is 1. The van der Waals surface area contributed by atoms with Crippen LogP contribution in [0.15, 0.2) is 47.4 Å². The van der Waals surface area contributed by atoms with E-state index in [-0.39, 0.29) is 42.6 Å². The van der Waals surface area contributed by atoms with E-state index in [0.29, 0.717) is 48.1 Å². The molecule has 1 aliphatic rings. The van der Waals surface area contributed by atoms with Crippen molar-refractivity contribution in [2.24, 2.45) is 5.14 Å². The van der Waals surface area contributed by atoms with Crippen molar-refractivity contribution in [1.82, 2.24) is 9.47 Å². The molecule has 1 aromatic heterocycles. The van der Waals surface area contributed by atoms with Gasteiger partial charge in [-0.1, -0.05) is 37.6 Å². The maximum atomic E-state index is 13.8. The number of methoxy groups -OCH3 is 1. The normalized spacial score (nSPS) is 14.9. The number of carbonyl (C=O) groups is 2. The van der Waals surface area contributed by atoms with Crippen LogP contribution in [0.3, 0.4) is 0 Å². The van der Waals surface area contributed by atoms with Crippen molar-refractivity contribution in [1.29, 1.82) is 0 Å². The summed E-state index contributed by atoms with van der Waals surface area (Å²) in [6.45, 7) is 4.63. The van der Waals surface area contributed by atoms with Gasteiger partial charge in [-0.2, -0.15) is 13.2 Å². The van der Waals surface area contributed by atoms with Gasteiger partial charge in [-0.3, -0.25) is 19.6 Å². The van der Waals surface area contributed by atoms with Crippen molar-refractivity contribution in [3.63, 3.8) is 0 Å². The summed E-state index contributed by atoms with van der Waals surface area (Å²) in [7, 11) is -0.408. The topological polar surface area (TPSA) is 111 Å². The smallest absolute Gasteiger partial charge is 0.406 e. The summed E-state index contributed by atoms with van der Waals surface area (Å²) in [5, 5.41) is 13.5. The van der Waals surface area contributed by atoms with E-state index in [1.807, 2.05) is 19.1 Å². The number of nitrogens with zero attached hydrogens (tertiary/aromatic N) is 2. The number of aromatic nitrogens is 1. The predicted octanol–water partition coefficient (Wildman–Crippen LogP) is 6.53. The van der Waals surface area contributed by atoms with Gasteiger partial charge in [0.25, 0.3) is 0 Å². The van der Waals surface area contributed by atoms with Crippen LogP contribution in [0.25, 0.3) is 10.9 Å². The van der Waals surface area contributed by atoms with Crippen molar-refractivity contribution < 1.29 is 32.2 Å². The molecule has 0 bridgehead atoms. The average molecular weight is 716 g/mol. The highest BCUT2D eigenvalue weighted by atomic mass is 32.2. The standard InChI is InChI=1S/C37H48F3N5O4S/c1-6-28(46)13-14-29(49-36(47)7-2)24-44-20-17-26(18-21-44)43-32-11-8-12-34-31(32)22-27(45(34)25-37(38,39)40)10-9-19-42-33-16-15-30(50(4,5)41)23-35(33)48-3/h8,11-12,15-16,22-23,26,29,42-43H,4-7,13-14,17-21,24-25,41H2,1-3H3. The number of hydrogen-bond donors (Lipinski definition) is 3. The van der Waals surface area contributed by atoms with Gasteiger partial charge >= 0.3 is 12.1 Å². The molecule has 272 valence electrons. The molecule has 50 heavy (non-hydrogen) atoms. The molecule has 1 fully saturated rings. The van der Waals surface area contributed by atoms with Gasteiger partial charge in [-0.25, -0.2) is 0 Å². The van der Waals surface area contributed by atoms with Gasteiger partial charge < -0.3 is 24.7 Å². The molecule has 2 aromatic carbocycles. The minimum atomic E-state index is -4.44. The number of Topliss-reactive ketones (excluding diaryl/α,β-unsaturated/α-hetero) is 1. The lowest BCUT2D eigenvalue weighted by Gasteiger charge is -2.35. The number of benzene rings is 2. The molecular formula is C37H48F3N5O4S. The Morgan fingerprint density at radius 1 is 1.10 bits per heavy atom. The van der Waals surface area contributed by atoms with Crippen LogP contribution in [-0.2, 0) is 20.9 Å². The van der Waals surface area contributed by atoms with E-state index >= 15 is 0 Å². The molecule has 1 unspecified atom stereocenters. The first-order chi connectivity index (χ1) is 23.7. The van der Waals surface area contributed by atoms with Gasteiger partial charge in [0.15, 0.2) is 0 Å². The number of fused-ring (bicyclic) bond motifs is 1. The molecule has 1 saturated heterocycles. The lowest BCUT2D eigenvalue weighted by atomic mass is 10.0. The highest BCUT2D eigenvalue weighted by Gasteiger charge is 2.30.